The lowest BCUT2D eigenvalue weighted by Crippen LogP contribution is -2.43. The van der Waals surface area contributed by atoms with Crippen LogP contribution in [0.5, 0.6) is 5.75 Å². The molecule has 3 rings (SSSR count). The van der Waals surface area contributed by atoms with E-state index in [1.54, 1.807) is 18.2 Å². The Bertz CT molecular complexity index is 711. The lowest BCUT2D eigenvalue weighted by molar-refractivity contribution is 0.189. The van der Waals surface area contributed by atoms with Gasteiger partial charge in [-0.15, -0.1) is 0 Å². The minimum absolute atomic E-state index is 0.156. The number of hydrogen-bond acceptors (Lipinski definition) is 5. The van der Waals surface area contributed by atoms with Gasteiger partial charge in [0.15, 0.2) is 0 Å². The van der Waals surface area contributed by atoms with Gasteiger partial charge >= 0.3 is 0 Å². The minimum atomic E-state index is -3.33. The van der Waals surface area contributed by atoms with Gasteiger partial charge in [0.05, 0.1) is 5.69 Å². The molecule has 0 spiro atoms. The van der Waals surface area contributed by atoms with Crippen molar-refractivity contribution in [2.24, 2.45) is 11.7 Å². The second-order valence-corrected chi connectivity index (χ2v) is 7.79. The van der Waals surface area contributed by atoms with Crippen LogP contribution < -0.4 is 14.8 Å². The zero-order valence-electron chi connectivity index (χ0n) is 13.3. The van der Waals surface area contributed by atoms with E-state index in [1.165, 1.54) is 28.6 Å². The number of fused-ring (bicyclic) bond motifs is 1. The number of hydrogen-bond donors (Lipinski definition) is 3. The average molecular weight is 352 g/mol. The fourth-order valence-corrected chi connectivity index (χ4v) is 4.93. The van der Waals surface area contributed by atoms with Gasteiger partial charge in [-0.05, 0) is 49.4 Å². The first-order valence-corrected chi connectivity index (χ1v) is 9.30. The predicted molar refractivity (Wildman–Crippen MR) is 95.1 cm³/mol. The third-order valence-corrected chi connectivity index (χ3v) is 6.18. The molecule has 2 atom stereocenters. The predicted octanol–water partition coefficient (Wildman–Crippen LogP) is 4.33. The number of halogens is 1. The Morgan fingerprint density at radius 1 is 1.21 bits per heavy atom. The van der Waals surface area contributed by atoms with Crippen molar-refractivity contribution >= 4 is 22.2 Å². The molecule has 0 saturated carbocycles. The molecule has 0 aliphatic carbocycles. The Labute approximate surface area is 142 Å². The molecule has 4 N–H and O–H groups in total. The highest BCUT2D eigenvalue weighted by atomic mass is 32.3. The van der Waals surface area contributed by atoms with Crippen molar-refractivity contribution in [2.75, 3.05) is 10.8 Å². The van der Waals surface area contributed by atoms with E-state index in [0.717, 1.165) is 0 Å². The van der Waals surface area contributed by atoms with Crippen LogP contribution in [0.4, 0.5) is 15.8 Å². The summed E-state index contributed by atoms with van der Waals surface area (Å²) in [5.74, 6) is 0.0167. The van der Waals surface area contributed by atoms with Crippen LogP contribution in [0.3, 0.4) is 0 Å². The van der Waals surface area contributed by atoms with Gasteiger partial charge in [0.2, 0.25) is 5.44 Å². The molecule has 0 aromatic heterocycles. The van der Waals surface area contributed by atoms with Gasteiger partial charge in [0.25, 0.3) is 0 Å². The van der Waals surface area contributed by atoms with Gasteiger partial charge in [-0.1, -0.05) is 29.8 Å². The zero-order chi connectivity index (χ0) is 17.3. The molecule has 2 unspecified atom stereocenters. The van der Waals surface area contributed by atoms with Gasteiger partial charge in [-0.25, -0.2) is 8.70 Å². The molecule has 1 aliphatic rings. The monoisotopic (exact) mass is 352 g/mol. The molecule has 0 bridgehead atoms. The molecular weight excluding hydrogens is 331 g/mol. The molecule has 0 radical (unpaired) electrons. The highest BCUT2D eigenvalue weighted by Crippen LogP contribution is 2.62. The number of nitrogens with two attached hydrogens (primary N) is 1. The SMILES string of the molecule is CC(CCN)C1Oc2ccccc2N(c2ccc(F)cc2)S1(O)O. The molecule has 130 valence electrons. The molecule has 1 heterocycles. The average Bonchev–Trinajstić information content (AvgIpc) is 2.55. The second kappa shape index (κ2) is 6.60. The van der Waals surface area contributed by atoms with Crippen LogP contribution in [0.2, 0.25) is 0 Å². The van der Waals surface area contributed by atoms with Crippen LogP contribution in [0.1, 0.15) is 13.3 Å². The maximum absolute atomic E-state index is 13.3. The van der Waals surface area contributed by atoms with Crippen LogP contribution in [0.15, 0.2) is 48.5 Å². The summed E-state index contributed by atoms with van der Waals surface area (Å²) in [7, 11) is -3.33. The summed E-state index contributed by atoms with van der Waals surface area (Å²) < 4.78 is 42.6. The third kappa shape index (κ3) is 2.95. The van der Waals surface area contributed by atoms with E-state index < -0.39 is 16.2 Å². The lowest BCUT2D eigenvalue weighted by Gasteiger charge is -2.53. The van der Waals surface area contributed by atoms with Crippen LogP contribution in [-0.2, 0) is 0 Å². The van der Waals surface area contributed by atoms with Crippen molar-refractivity contribution in [3.8, 4) is 5.75 Å². The first kappa shape index (κ1) is 17.0. The van der Waals surface area contributed by atoms with E-state index in [0.29, 0.717) is 30.1 Å². The highest BCUT2D eigenvalue weighted by molar-refractivity contribution is 8.26. The summed E-state index contributed by atoms with van der Waals surface area (Å²) in [6.45, 7) is 2.30. The minimum Gasteiger partial charge on any atom is -0.466 e. The number of para-hydroxylation sites is 2. The Morgan fingerprint density at radius 3 is 2.54 bits per heavy atom. The van der Waals surface area contributed by atoms with E-state index in [9.17, 15) is 13.5 Å². The quantitative estimate of drug-likeness (QED) is 0.763. The summed E-state index contributed by atoms with van der Waals surface area (Å²) >= 11 is 0. The van der Waals surface area contributed by atoms with Crippen LogP contribution >= 0.6 is 10.8 Å². The van der Waals surface area contributed by atoms with Crippen molar-refractivity contribution < 1.29 is 18.2 Å². The van der Waals surface area contributed by atoms with Crippen LogP contribution in [0, 0.1) is 11.7 Å². The molecule has 24 heavy (non-hydrogen) atoms. The largest absolute Gasteiger partial charge is 0.466 e. The number of rotatable bonds is 4. The molecule has 2 aromatic rings. The van der Waals surface area contributed by atoms with Gasteiger partial charge in [0.1, 0.15) is 17.3 Å². The van der Waals surface area contributed by atoms with E-state index in [4.69, 9.17) is 10.5 Å². The molecule has 2 aromatic carbocycles. The molecular formula is C17H21FN2O3S. The summed E-state index contributed by atoms with van der Waals surface area (Å²) in [4.78, 5) is 0. The lowest BCUT2D eigenvalue weighted by atomic mass is 10.1. The number of nitrogens with zero attached hydrogens (tertiary/aromatic N) is 1. The summed E-state index contributed by atoms with van der Waals surface area (Å²) in [5.41, 5.74) is 5.84. The fraction of sp³-hybridized carbons (Fsp3) is 0.294. The van der Waals surface area contributed by atoms with Gasteiger partial charge in [-0.3, -0.25) is 9.11 Å². The molecule has 5 nitrogen and oxygen atoms in total. The molecule has 0 saturated heterocycles. The maximum Gasteiger partial charge on any atom is 0.209 e. The Balaban J connectivity index is 2.11. The zero-order valence-corrected chi connectivity index (χ0v) is 14.1. The standard InChI is InChI=1S/C17H21FN2O3S/c1-12(10-11-19)17-23-16-5-3-2-4-15(16)20(24(17,21)22)14-8-6-13(18)7-9-14/h2-9,12,17,21-22H,10-11,19H2,1H3. The topological polar surface area (TPSA) is 79.0 Å². The van der Waals surface area contributed by atoms with Crippen molar-refractivity contribution in [1.29, 1.82) is 0 Å². The van der Waals surface area contributed by atoms with Crippen LogP contribution in [0.25, 0.3) is 0 Å². The first-order chi connectivity index (χ1) is 11.4. The van der Waals surface area contributed by atoms with Crippen LogP contribution in [-0.4, -0.2) is 21.1 Å². The van der Waals surface area contributed by atoms with Crippen molar-refractivity contribution in [2.45, 2.75) is 18.8 Å². The summed E-state index contributed by atoms with van der Waals surface area (Å²) in [5, 5.41) is 0. The van der Waals surface area contributed by atoms with Gasteiger partial charge < -0.3 is 10.5 Å². The number of benzene rings is 2. The van der Waals surface area contributed by atoms with E-state index in [-0.39, 0.29) is 11.7 Å². The van der Waals surface area contributed by atoms with Crippen molar-refractivity contribution in [1.82, 2.24) is 0 Å². The molecule has 7 heteroatoms. The number of anilines is 2. The highest BCUT2D eigenvalue weighted by Gasteiger charge is 2.43. The van der Waals surface area contributed by atoms with E-state index in [1.807, 2.05) is 13.0 Å². The second-order valence-electron chi connectivity index (χ2n) is 5.84. The normalized spacial score (nSPS) is 21.5. The van der Waals surface area contributed by atoms with Gasteiger partial charge in [-0.2, -0.15) is 0 Å². The molecule has 1 aliphatic heterocycles. The van der Waals surface area contributed by atoms with E-state index in [2.05, 4.69) is 0 Å². The summed E-state index contributed by atoms with van der Waals surface area (Å²) in [6.07, 6.45) is 0.597. The first-order valence-electron chi connectivity index (χ1n) is 7.74. The third-order valence-electron chi connectivity index (χ3n) is 4.06. The van der Waals surface area contributed by atoms with E-state index >= 15 is 0 Å². The number of ether oxygens (including phenoxy) is 1. The Kier molecular flexibility index (Phi) is 4.69. The van der Waals surface area contributed by atoms with Crippen molar-refractivity contribution in [3.05, 3.63) is 54.3 Å². The Morgan fingerprint density at radius 2 is 1.88 bits per heavy atom. The molecule has 0 amide bonds. The Hall–Kier alpha value is -1.80. The van der Waals surface area contributed by atoms with Gasteiger partial charge in [0, 0.05) is 5.92 Å². The van der Waals surface area contributed by atoms with Crippen molar-refractivity contribution in [3.63, 3.8) is 0 Å². The smallest absolute Gasteiger partial charge is 0.209 e. The maximum atomic E-state index is 13.3. The fourth-order valence-electron chi connectivity index (χ4n) is 2.86. The molecule has 0 fully saturated rings. The summed E-state index contributed by atoms with van der Waals surface area (Å²) in [6, 6.07) is 12.8.